The lowest BCUT2D eigenvalue weighted by atomic mass is 9.71. The zero-order chi connectivity index (χ0) is 21.1. The normalized spacial score (nSPS) is 21.2. The van der Waals surface area contributed by atoms with Crippen molar-refractivity contribution in [2.24, 2.45) is 17.3 Å². The van der Waals surface area contributed by atoms with Gasteiger partial charge >= 0.3 is 0 Å². The van der Waals surface area contributed by atoms with Gasteiger partial charge in [0.1, 0.15) is 0 Å². The molecule has 170 valence electrons. The van der Waals surface area contributed by atoms with E-state index in [2.05, 4.69) is 37.5 Å². The van der Waals surface area contributed by atoms with Crippen molar-refractivity contribution in [2.75, 3.05) is 32.7 Å². The summed E-state index contributed by atoms with van der Waals surface area (Å²) < 4.78 is 0. The van der Waals surface area contributed by atoms with E-state index in [4.69, 9.17) is 0 Å². The topological polar surface area (TPSA) is 23.6 Å². The van der Waals surface area contributed by atoms with Crippen LogP contribution in [0.3, 0.4) is 0 Å². The summed E-state index contributed by atoms with van der Waals surface area (Å²) in [5.74, 6) is 1.66. The fourth-order valence-corrected chi connectivity index (χ4v) is 5.81. The maximum atomic E-state index is 12.8. The van der Waals surface area contributed by atoms with E-state index in [9.17, 15) is 4.79 Å². The molecule has 3 nitrogen and oxygen atoms in total. The summed E-state index contributed by atoms with van der Waals surface area (Å²) in [6.45, 7) is 14.9. The Kier molecular flexibility index (Phi) is 11.0. The Bertz CT molecular complexity index is 448. The second-order valence-electron chi connectivity index (χ2n) is 10.2. The molecule has 0 saturated carbocycles. The van der Waals surface area contributed by atoms with E-state index < -0.39 is 0 Å². The van der Waals surface area contributed by atoms with Crippen LogP contribution < -0.4 is 0 Å². The van der Waals surface area contributed by atoms with Gasteiger partial charge < -0.3 is 9.80 Å². The van der Waals surface area contributed by atoms with Gasteiger partial charge in [-0.05, 0) is 56.4 Å². The maximum Gasteiger partial charge on any atom is 0.225 e. The number of rotatable bonds is 14. The van der Waals surface area contributed by atoms with Gasteiger partial charge in [-0.25, -0.2) is 0 Å². The van der Waals surface area contributed by atoms with Gasteiger partial charge in [-0.1, -0.05) is 72.6 Å². The van der Waals surface area contributed by atoms with Crippen LogP contribution in [0.2, 0.25) is 0 Å². The van der Waals surface area contributed by atoms with Gasteiger partial charge in [0.25, 0.3) is 0 Å². The molecule has 2 heterocycles. The molecule has 2 aliphatic rings. The highest BCUT2D eigenvalue weighted by Gasteiger charge is 2.45. The van der Waals surface area contributed by atoms with Gasteiger partial charge in [-0.2, -0.15) is 0 Å². The molecule has 0 aromatic heterocycles. The van der Waals surface area contributed by atoms with Crippen LogP contribution >= 0.6 is 0 Å². The number of hydrogen-bond acceptors (Lipinski definition) is 2. The molecule has 1 amide bonds. The van der Waals surface area contributed by atoms with Crippen molar-refractivity contribution in [2.45, 2.75) is 111 Å². The number of unbranched alkanes of at least 4 members (excludes halogenated alkanes) is 2. The van der Waals surface area contributed by atoms with Gasteiger partial charge in [0.15, 0.2) is 0 Å². The van der Waals surface area contributed by atoms with E-state index in [0.29, 0.717) is 11.3 Å². The minimum atomic E-state index is 0.264. The lowest BCUT2D eigenvalue weighted by Crippen LogP contribution is -2.61. The van der Waals surface area contributed by atoms with E-state index in [0.717, 1.165) is 38.3 Å². The predicted octanol–water partition coefficient (Wildman–Crippen LogP) is 6.51. The number of nitrogens with zero attached hydrogens (tertiary/aromatic N) is 2. The Balaban J connectivity index is 1.63. The van der Waals surface area contributed by atoms with Crippen molar-refractivity contribution >= 4 is 5.91 Å². The van der Waals surface area contributed by atoms with Crippen LogP contribution in [0.1, 0.15) is 111 Å². The molecule has 0 radical (unpaired) electrons. The van der Waals surface area contributed by atoms with Crippen LogP contribution in [0.5, 0.6) is 0 Å². The van der Waals surface area contributed by atoms with Crippen LogP contribution in [0.4, 0.5) is 0 Å². The summed E-state index contributed by atoms with van der Waals surface area (Å²) >= 11 is 0. The Labute approximate surface area is 182 Å². The van der Waals surface area contributed by atoms with Crippen LogP contribution in [0.15, 0.2) is 0 Å². The lowest BCUT2D eigenvalue weighted by Gasteiger charge is -2.54. The van der Waals surface area contributed by atoms with E-state index >= 15 is 0 Å². The summed E-state index contributed by atoms with van der Waals surface area (Å²) in [7, 11) is 0. The molecule has 2 aliphatic heterocycles. The minimum Gasteiger partial charge on any atom is -0.342 e. The van der Waals surface area contributed by atoms with Gasteiger partial charge in [0.05, 0.1) is 0 Å². The Morgan fingerprint density at radius 3 is 2.07 bits per heavy atom. The Morgan fingerprint density at radius 2 is 1.48 bits per heavy atom. The maximum absolute atomic E-state index is 12.8. The first-order valence-electron chi connectivity index (χ1n) is 13.1. The average Bonchev–Trinajstić information content (AvgIpc) is 2.71. The third-order valence-corrected chi connectivity index (χ3v) is 7.73. The second kappa shape index (κ2) is 13.0. The summed E-state index contributed by atoms with van der Waals surface area (Å²) in [5.41, 5.74) is 0.535. The summed E-state index contributed by atoms with van der Waals surface area (Å²) in [6.07, 6.45) is 16.8. The van der Waals surface area contributed by atoms with Crippen molar-refractivity contribution in [3.8, 4) is 0 Å². The molecule has 2 saturated heterocycles. The molecular weight excluding hydrogens is 356 g/mol. The summed E-state index contributed by atoms with van der Waals surface area (Å²) in [4.78, 5) is 17.6. The first-order valence-corrected chi connectivity index (χ1v) is 13.1. The number of carbonyl (C=O) groups excluding carboxylic acids is 1. The van der Waals surface area contributed by atoms with Crippen LogP contribution in [-0.4, -0.2) is 48.4 Å². The molecule has 1 spiro atoms. The Hall–Kier alpha value is -0.570. The third kappa shape index (κ3) is 7.56. The van der Waals surface area contributed by atoms with Crippen molar-refractivity contribution in [3.63, 3.8) is 0 Å². The smallest absolute Gasteiger partial charge is 0.225 e. The van der Waals surface area contributed by atoms with Gasteiger partial charge in [-0.3, -0.25) is 4.79 Å². The zero-order valence-corrected chi connectivity index (χ0v) is 20.2. The quantitative estimate of drug-likeness (QED) is 0.307. The first-order chi connectivity index (χ1) is 14.1. The van der Waals surface area contributed by atoms with E-state index in [-0.39, 0.29) is 5.92 Å². The van der Waals surface area contributed by atoms with Crippen molar-refractivity contribution in [3.05, 3.63) is 0 Å². The van der Waals surface area contributed by atoms with Crippen LogP contribution in [-0.2, 0) is 4.79 Å². The monoisotopic (exact) mass is 406 g/mol. The SMILES string of the molecule is CCCCCC(CCC)CCCN1CC2(CCN(C(=O)C(CC)CCC)CC2)C1. The van der Waals surface area contributed by atoms with Gasteiger partial charge in [0, 0.05) is 32.1 Å². The van der Waals surface area contributed by atoms with Crippen LogP contribution in [0, 0.1) is 17.3 Å². The number of carbonyl (C=O) groups is 1. The summed E-state index contributed by atoms with van der Waals surface area (Å²) in [6, 6.07) is 0. The number of hydrogen-bond donors (Lipinski definition) is 0. The molecule has 2 rings (SSSR count). The molecule has 2 unspecified atom stereocenters. The zero-order valence-electron chi connectivity index (χ0n) is 20.2. The molecule has 0 N–H and O–H groups in total. The molecule has 0 aromatic carbocycles. The first kappa shape index (κ1) is 24.7. The number of piperidine rings is 1. The van der Waals surface area contributed by atoms with E-state index in [1.165, 1.54) is 83.8 Å². The van der Waals surface area contributed by atoms with E-state index in [1.54, 1.807) is 0 Å². The predicted molar refractivity (Wildman–Crippen MR) is 125 cm³/mol. The highest BCUT2D eigenvalue weighted by atomic mass is 16.2. The molecule has 0 aromatic rings. The van der Waals surface area contributed by atoms with Crippen LogP contribution in [0.25, 0.3) is 0 Å². The van der Waals surface area contributed by atoms with Crippen molar-refractivity contribution < 1.29 is 4.79 Å². The molecule has 2 atom stereocenters. The standard InChI is InChI=1S/C26H50N2O/c1-5-9-10-14-23(12-6-2)15-11-18-27-21-26(22-27)16-19-28(20-17-26)25(29)24(8-4)13-7-3/h23-24H,5-22H2,1-4H3. The van der Waals surface area contributed by atoms with Gasteiger partial charge in [-0.15, -0.1) is 0 Å². The molecule has 0 aliphatic carbocycles. The minimum absolute atomic E-state index is 0.264. The highest BCUT2D eigenvalue weighted by Crippen LogP contribution is 2.41. The fourth-order valence-electron chi connectivity index (χ4n) is 5.81. The molecule has 0 bridgehead atoms. The van der Waals surface area contributed by atoms with E-state index in [1.807, 2.05) is 0 Å². The Morgan fingerprint density at radius 1 is 0.828 bits per heavy atom. The third-order valence-electron chi connectivity index (χ3n) is 7.73. The second-order valence-corrected chi connectivity index (χ2v) is 10.2. The lowest BCUT2D eigenvalue weighted by molar-refractivity contribution is -0.141. The molecule has 2 fully saturated rings. The number of amides is 1. The summed E-state index contributed by atoms with van der Waals surface area (Å²) in [5, 5.41) is 0. The average molecular weight is 407 g/mol. The highest BCUT2D eigenvalue weighted by molar-refractivity contribution is 5.78. The molecule has 29 heavy (non-hydrogen) atoms. The molecular formula is C26H50N2O. The molecule has 3 heteroatoms. The fraction of sp³-hybridized carbons (Fsp3) is 0.962. The van der Waals surface area contributed by atoms with Gasteiger partial charge in [0.2, 0.25) is 5.91 Å². The van der Waals surface area contributed by atoms with Crippen molar-refractivity contribution in [1.29, 1.82) is 0 Å². The largest absolute Gasteiger partial charge is 0.342 e. The number of likely N-dealkylation sites (tertiary alicyclic amines) is 2. The van der Waals surface area contributed by atoms with Crippen molar-refractivity contribution in [1.82, 2.24) is 9.80 Å².